The van der Waals surface area contributed by atoms with Gasteiger partial charge in [-0.2, -0.15) is 10.1 Å². The molecular weight excluding hydrogens is 330 g/mol. The number of aromatic nitrogens is 4. The third kappa shape index (κ3) is 3.97. The van der Waals surface area contributed by atoms with Crippen molar-refractivity contribution in [2.45, 2.75) is 13.5 Å². The monoisotopic (exact) mass is 351 g/mol. The molecule has 2 aromatic heterocycles. The van der Waals surface area contributed by atoms with Gasteiger partial charge in [0.1, 0.15) is 5.76 Å². The van der Waals surface area contributed by atoms with E-state index in [0.717, 1.165) is 44.3 Å². The Morgan fingerprint density at radius 2 is 1.92 bits per heavy atom. The fraction of sp³-hybridized carbons (Fsp3) is 0.333. The Hall–Kier alpha value is -3.00. The Morgan fingerprint density at radius 1 is 1.12 bits per heavy atom. The van der Waals surface area contributed by atoms with Crippen LogP contribution in [0.5, 0.6) is 0 Å². The van der Waals surface area contributed by atoms with Crippen molar-refractivity contribution in [3.8, 4) is 0 Å². The van der Waals surface area contributed by atoms with E-state index in [9.17, 15) is 0 Å². The maximum atomic E-state index is 5.04. The smallest absolute Gasteiger partial charge is 0.250 e. The highest BCUT2D eigenvalue weighted by molar-refractivity contribution is 5.49. The molecule has 26 heavy (non-hydrogen) atoms. The first kappa shape index (κ1) is 16.5. The molecule has 1 aliphatic rings. The van der Waals surface area contributed by atoms with E-state index < -0.39 is 0 Å². The Morgan fingerprint density at radius 3 is 2.65 bits per heavy atom. The minimum Gasteiger partial charge on any atom is -0.360 e. The van der Waals surface area contributed by atoms with Gasteiger partial charge in [0.05, 0.1) is 6.20 Å². The summed E-state index contributed by atoms with van der Waals surface area (Å²) in [5.41, 5.74) is 1.35. The minimum absolute atomic E-state index is 0.419. The largest absolute Gasteiger partial charge is 0.360 e. The second-order valence-electron chi connectivity index (χ2n) is 6.33. The molecule has 1 saturated heterocycles. The number of anilines is 3. The molecule has 8 nitrogen and oxygen atoms in total. The lowest BCUT2D eigenvalue weighted by atomic mass is 10.2. The third-order valence-corrected chi connectivity index (χ3v) is 4.36. The van der Waals surface area contributed by atoms with Gasteiger partial charge in [0.25, 0.3) is 0 Å². The van der Waals surface area contributed by atoms with Gasteiger partial charge >= 0.3 is 0 Å². The molecule has 0 aliphatic carbocycles. The number of hydrogen-bond donors (Lipinski definition) is 1. The van der Waals surface area contributed by atoms with Crippen LogP contribution in [0.2, 0.25) is 0 Å². The lowest BCUT2D eigenvalue weighted by molar-refractivity contribution is 0.249. The van der Waals surface area contributed by atoms with Crippen molar-refractivity contribution in [3.63, 3.8) is 0 Å². The van der Waals surface area contributed by atoms with Crippen LogP contribution >= 0.6 is 0 Å². The second-order valence-corrected chi connectivity index (χ2v) is 6.33. The molecule has 0 saturated carbocycles. The van der Waals surface area contributed by atoms with Crippen LogP contribution in [0.1, 0.15) is 11.3 Å². The lowest BCUT2D eigenvalue weighted by Crippen LogP contribution is -2.46. The fourth-order valence-electron chi connectivity index (χ4n) is 3.02. The number of rotatable bonds is 5. The van der Waals surface area contributed by atoms with Crippen molar-refractivity contribution < 1.29 is 4.52 Å². The predicted molar refractivity (Wildman–Crippen MR) is 98.3 cm³/mol. The summed E-state index contributed by atoms with van der Waals surface area (Å²) in [6.45, 7) is 6.62. The van der Waals surface area contributed by atoms with Crippen molar-refractivity contribution >= 4 is 17.6 Å². The van der Waals surface area contributed by atoms with Gasteiger partial charge in [0, 0.05) is 38.8 Å². The SMILES string of the molecule is Cc1cc(Nc2nncc(N3CCN(Cc4ccccc4)CC3)n2)no1. The van der Waals surface area contributed by atoms with Crippen molar-refractivity contribution in [1.29, 1.82) is 0 Å². The van der Waals surface area contributed by atoms with Crippen molar-refractivity contribution in [2.24, 2.45) is 0 Å². The van der Waals surface area contributed by atoms with E-state index in [1.54, 1.807) is 12.3 Å². The molecule has 0 radical (unpaired) electrons. The summed E-state index contributed by atoms with van der Waals surface area (Å²) >= 11 is 0. The molecule has 1 aromatic carbocycles. The quantitative estimate of drug-likeness (QED) is 0.749. The fourth-order valence-corrected chi connectivity index (χ4v) is 3.02. The number of piperazine rings is 1. The van der Waals surface area contributed by atoms with E-state index in [0.29, 0.717) is 11.8 Å². The number of hydrogen-bond acceptors (Lipinski definition) is 8. The highest BCUT2D eigenvalue weighted by Gasteiger charge is 2.19. The zero-order valence-electron chi connectivity index (χ0n) is 14.7. The molecule has 1 fully saturated rings. The summed E-state index contributed by atoms with van der Waals surface area (Å²) in [5.74, 6) is 2.55. The normalized spacial score (nSPS) is 15.2. The summed E-state index contributed by atoms with van der Waals surface area (Å²) in [5, 5.41) is 15.0. The van der Waals surface area contributed by atoms with E-state index in [1.165, 1.54) is 5.56 Å². The van der Waals surface area contributed by atoms with E-state index in [2.05, 4.69) is 65.8 Å². The zero-order chi connectivity index (χ0) is 17.8. The van der Waals surface area contributed by atoms with E-state index in [4.69, 9.17) is 4.52 Å². The summed E-state index contributed by atoms with van der Waals surface area (Å²) in [4.78, 5) is 9.24. The molecule has 0 amide bonds. The molecule has 4 rings (SSSR count). The van der Waals surface area contributed by atoms with Gasteiger partial charge < -0.3 is 14.7 Å². The maximum absolute atomic E-state index is 5.04. The molecule has 0 unspecified atom stereocenters. The van der Waals surface area contributed by atoms with Crippen LogP contribution in [0.4, 0.5) is 17.6 Å². The van der Waals surface area contributed by atoms with Gasteiger partial charge in [0.15, 0.2) is 11.6 Å². The molecule has 0 bridgehead atoms. The number of nitrogens with one attached hydrogen (secondary N) is 1. The van der Waals surface area contributed by atoms with Gasteiger partial charge in [0.2, 0.25) is 5.95 Å². The van der Waals surface area contributed by atoms with E-state index in [-0.39, 0.29) is 0 Å². The molecule has 0 spiro atoms. The Bertz CT molecular complexity index is 844. The first-order chi connectivity index (χ1) is 12.8. The highest BCUT2D eigenvalue weighted by Crippen LogP contribution is 2.17. The minimum atomic E-state index is 0.419. The van der Waals surface area contributed by atoms with Crippen LogP contribution in [-0.2, 0) is 6.54 Å². The number of benzene rings is 1. The molecular formula is C18H21N7O. The summed E-state index contributed by atoms with van der Waals surface area (Å²) < 4.78 is 5.04. The van der Waals surface area contributed by atoms with E-state index in [1.807, 2.05) is 6.92 Å². The van der Waals surface area contributed by atoms with Crippen LogP contribution in [0.25, 0.3) is 0 Å². The second kappa shape index (κ2) is 7.49. The summed E-state index contributed by atoms with van der Waals surface area (Å²) in [6.07, 6.45) is 1.70. The van der Waals surface area contributed by atoms with Crippen LogP contribution in [-0.4, -0.2) is 51.4 Å². The van der Waals surface area contributed by atoms with Crippen LogP contribution in [0.3, 0.4) is 0 Å². The average molecular weight is 351 g/mol. The van der Waals surface area contributed by atoms with E-state index >= 15 is 0 Å². The molecule has 0 atom stereocenters. The van der Waals surface area contributed by atoms with Crippen LogP contribution in [0.15, 0.2) is 47.1 Å². The predicted octanol–water partition coefficient (Wildman–Crippen LogP) is 2.23. The van der Waals surface area contributed by atoms with Gasteiger partial charge in [-0.25, -0.2) is 0 Å². The Labute approximate surface area is 151 Å². The van der Waals surface area contributed by atoms with Crippen molar-refractivity contribution in [2.75, 3.05) is 36.4 Å². The van der Waals surface area contributed by atoms with Crippen molar-refractivity contribution in [3.05, 3.63) is 53.9 Å². The third-order valence-electron chi connectivity index (χ3n) is 4.36. The molecule has 134 valence electrons. The Kier molecular flexibility index (Phi) is 4.74. The average Bonchev–Trinajstić information content (AvgIpc) is 3.08. The molecule has 3 heterocycles. The van der Waals surface area contributed by atoms with Gasteiger partial charge in [-0.3, -0.25) is 4.90 Å². The molecule has 3 aromatic rings. The first-order valence-corrected chi connectivity index (χ1v) is 8.67. The van der Waals surface area contributed by atoms with Gasteiger partial charge in [-0.05, 0) is 12.5 Å². The van der Waals surface area contributed by atoms with Crippen LogP contribution < -0.4 is 10.2 Å². The topological polar surface area (TPSA) is 83.2 Å². The molecule has 1 N–H and O–H groups in total. The standard InChI is InChI=1S/C18H21N7O/c1-14-11-16(23-26-14)20-18-21-17(12-19-22-18)25-9-7-24(8-10-25)13-15-5-3-2-4-6-15/h2-6,11-12H,7-10,13H2,1H3,(H,20,21,22,23). The van der Waals surface area contributed by atoms with Gasteiger partial charge in [-0.1, -0.05) is 35.5 Å². The first-order valence-electron chi connectivity index (χ1n) is 8.67. The lowest BCUT2D eigenvalue weighted by Gasteiger charge is -2.35. The maximum Gasteiger partial charge on any atom is 0.250 e. The molecule has 8 heteroatoms. The van der Waals surface area contributed by atoms with Crippen LogP contribution in [0, 0.1) is 6.92 Å². The zero-order valence-corrected chi connectivity index (χ0v) is 14.7. The highest BCUT2D eigenvalue weighted by atomic mass is 16.5. The van der Waals surface area contributed by atoms with Gasteiger partial charge in [-0.15, -0.1) is 5.10 Å². The summed E-state index contributed by atoms with van der Waals surface area (Å²) in [7, 11) is 0. The summed E-state index contributed by atoms with van der Waals surface area (Å²) in [6, 6.07) is 12.4. The van der Waals surface area contributed by atoms with Crippen molar-refractivity contribution in [1.82, 2.24) is 25.2 Å². The Balaban J connectivity index is 1.36. The number of aryl methyl sites for hydroxylation is 1. The molecule has 1 aliphatic heterocycles. The number of nitrogens with zero attached hydrogens (tertiary/aromatic N) is 6.